The van der Waals surface area contributed by atoms with E-state index < -0.39 is 0 Å². The van der Waals surface area contributed by atoms with Gasteiger partial charge >= 0.3 is 0 Å². The van der Waals surface area contributed by atoms with Crippen molar-refractivity contribution in [3.8, 4) is 5.75 Å². The predicted molar refractivity (Wildman–Crippen MR) is 87.3 cm³/mol. The molecule has 1 aromatic rings. The molecule has 0 spiro atoms. The van der Waals surface area contributed by atoms with E-state index >= 15 is 0 Å². The van der Waals surface area contributed by atoms with Crippen LogP contribution in [0, 0.1) is 0 Å². The molecule has 0 saturated heterocycles. The average Bonchev–Trinajstić information content (AvgIpc) is 2.56. The highest BCUT2D eigenvalue weighted by molar-refractivity contribution is 6.36. The minimum atomic E-state index is -0.380. The lowest BCUT2D eigenvalue weighted by Gasteiger charge is -2.10. The molecule has 1 aliphatic carbocycles. The summed E-state index contributed by atoms with van der Waals surface area (Å²) in [7, 11) is 1.59. The van der Waals surface area contributed by atoms with E-state index in [0.717, 1.165) is 11.3 Å². The number of hydrogen-bond acceptors (Lipinski definition) is 4. The van der Waals surface area contributed by atoms with Crippen LogP contribution >= 0.6 is 0 Å². The number of benzene rings is 1. The number of ether oxygens (including phenoxy) is 1. The minimum absolute atomic E-state index is 0.178. The summed E-state index contributed by atoms with van der Waals surface area (Å²) in [5.74, 6) is 0.0594. The second-order valence-corrected chi connectivity index (χ2v) is 4.91. The molecule has 0 atom stereocenters. The van der Waals surface area contributed by atoms with Gasteiger partial charge in [0.25, 0.3) is 11.8 Å². The molecular formula is C17H13N3O3. The molecule has 1 aromatic carbocycles. The molecule has 0 bridgehead atoms. The van der Waals surface area contributed by atoms with Crippen LogP contribution in [-0.4, -0.2) is 36.7 Å². The zero-order chi connectivity index (χ0) is 16.2. The number of amides is 2. The lowest BCUT2D eigenvalue weighted by molar-refractivity contribution is -0.117. The Morgan fingerprint density at radius 1 is 1.22 bits per heavy atom. The quantitative estimate of drug-likeness (QED) is 0.797. The molecule has 0 radical (unpaired) electrons. The Morgan fingerprint density at radius 3 is 2.74 bits per heavy atom. The van der Waals surface area contributed by atoms with Gasteiger partial charge in [-0.2, -0.15) is 4.99 Å². The molecule has 0 fully saturated rings. The van der Waals surface area contributed by atoms with Gasteiger partial charge in [0, 0.05) is 0 Å². The van der Waals surface area contributed by atoms with Crippen molar-refractivity contribution in [2.45, 2.75) is 6.42 Å². The minimum Gasteiger partial charge on any atom is -0.497 e. The van der Waals surface area contributed by atoms with Crippen LogP contribution in [0.1, 0.15) is 5.56 Å². The van der Waals surface area contributed by atoms with Crippen molar-refractivity contribution in [2.75, 3.05) is 7.11 Å². The summed E-state index contributed by atoms with van der Waals surface area (Å²) in [6.07, 6.45) is 6.23. The number of nitrogens with zero attached hydrogens (tertiary/aromatic N) is 3. The standard InChI is InChI=1S/C17H13N3O3/c1-23-13-5-2-11(3-6-13)8-16(21)20-12-4-7-15-14(9-12)17(22)19-10-18-15/h2-7,9-10H,8H2,1H3. The molecule has 0 aromatic heterocycles. The van der Waals surface area contributed by atoms with Gasteiger partial charge < -0.3 is 4.74 Å². The first-order valence-corrected chi connectivity index (χ1v) is 6.95. The number of methoxy groups -OCH3 is 1. The number of rotatable bonds is 3. The maximum absolute atomic E-state index is 12.1. The summed E-state index contributed by atoms with van der Waals surface area (Å²) in [5, 5.41) is 0. The second-order valence-electron chi connectivity index (χ2n) is 4.91. The monoisotopic (exact) mass is 307 g/mol. The van der Waals surface area contributed by atoms with E-state index in [4.69, 9.17) is 4.74 Å². The van der Waals surface area contributed by atoms with Crippen LogP contribution in [0.2, 0.25) is 0 Å². The molecule has 1 heterocycles. The first kappa shape index (κ1) is 14.8. The molecule has 23 heavy (non-hydrogen) atoms. The molecule has 2 amide bonds. The average molecular weight is 307 g/mol. The van der Waals surface area contributed by atoms with Gasteiger partial charge in [0.05, 0.1) is 30.5 Å². The summed E-state index contributed by atoms with van der Waals surface area (Å²) in [4.78, 5) is 35.4. The van der Waals surface area contributed by atoms with Crippen LogP contribution in [0.15, 0.2) is 63.0 Å². The summed E-state index contributed by atoms with van der Waals surface area (Å²) < 4.78 is 5.07. The Kier molecular flexibility index (Phi) is 4.05. The van der Waals surface area contributed by atoms with E-state index in [1.54, 1.807) is 31.4 Å². The summed E-state index contributed by atoms with van der Waals surface area (Å²) >= 11 is 0. The van der Waals surface area contributed by atoms with Gasteiger partial charge in [-0.1, -0.05) is 12.1 Å². The Labute approximate surface area is 132 Å². The Morgan fingerprint density at radius 2 is 2.00 bits per heavy atom. The molecule has 6 heteroatoms. The van der Waals surface area contributed by atoms with Crippen LogP contribution in [0.3, 0.4) is 0 Å². The zero-order valence-corrected chi connectivity index (χ0v) is 12.4. The molecule has 3 rings (SSSR count). The topological polar surface area (TPSA) is 80.4 Å². The smallest absolute Gasteiger partial charge is 0.280 e. The SMILES string of the molecule is COc1ccc(CC(=O)N=C2C=CC3=NC=NC(=O)C3=C2)cc1. The molecular weight excluding hydrogens is 294 g/mol. The van der Waals surface area contributed by atoms with Crippen molar-refractivity contribution in [3.63, 3.8) is 0 Å². The van der Waals surface area contributed by atoms with Gasteiger partial charge in [-0.3, -0.25) is 9.59 Å². The van der Waals surface area contributed by atoms with E-state index in [0.29, 0.717) is 17.0 Å². The van der Waals surface area contributed by atoms with Crippen molar-refractivity contribution in [1.82, 2.24) is 0 Å². The van der Waals surface area contributed by atoms with Gasteiger partial charge in [0.15, 0.2) is 0 Å². The molecule has 114 valence electrons. The summed E-state index contributed by atoms with van der Waals surface area (Å²) in [6, 6.07) is 7.21. The van der Waals surface area contributed by atoms with Crippen molar-refractivity contribution in [3.05, 3.63) is 53.6 Å². The number of carbonyl (C=O) groups excluding carboxylic acids is 2. The van der Waals surface area contributed by atoms with E-state index in [-0.39, 0.29) is 18.2 Å². The van der Waals surface area contributed by atoms with E-state index in [1.165, 1.54) is 12.4 Å². The van der Waals surface area contributed by atoms with E-state index in [2.05, 4.69) is 15.0 Å². The number of fused-ring (bicyclic) bond motifs is 1. The summed E-state index contributed by atoms with van der Waals surface area (Å²) in [5.41, 5.74) is 2.15. The zero-order valence-electron chi connectivity index (χ0n) is 12.4. The molecule has 0 N–H and O–H groups in total. The van der Waals surface area contributed by atoms with Crippen LogP contribution in [-0.2, 0) is 16.0 Å². The molecule has 6 nitrogen and oxygen atoms in total. The third-order valence-corrected chi connectivity index (χ3v) is 3.35. The van der Waals surface area contributed by atoms with Crippen LogP contribution in [0.4, 0.5) is 0 Å². The normalized spacial score (nSPS) is 17.6. The van der Waals surface area contributed by atoms with Crippen LogP contribution in [0.25, 0.3) is 0 Å². The van der Waals surface area contributed by atoms with Crippen molar-refractivity contribution in [1.29, 1.82) is 0 Å². The maximum Gasteiger partial charge on any atom is 0.280 e. The first-order valence-electron chi connectivity index (χ1n) is 6.95. The number of aliphatic imine (C=N–C) groups is 3. The Hall–Kier alpha value is -3.15. The predicted octanol–water partition coefficient (Wildman–Crippen LogP) is 1.71. The number of carbonyl (C=O) groups is 2. The fraction of sp³-hybridized carbons (Fsp3) is 0.118. The van der Waals surface area contributed by atoms with Gasteiger partial charge in [-0.15, -0.1) is 0 Å². The number of allylic oxidation sites excluding steroid dienone is 3. The lowest BCUT2D eigenvalue weighted by Crippen LogP contribution is -2.18. The maximum atomic E-state index is 12.1. The highest BCUT2D eigenvalue weighted by Crippen LogP contribution is 2.14. The first-order chi connectivity index (χ1) is 11.2. The van der Waals surface area contributed by atoms with Crippen molar-refractivity contribution >= 4 is 29.6 Å². The third-order valence-electron chi connectivity index (χ3n) is 3.35. The van der Waals surface area contributed by atoms with Gasteiger partial charge in [-0.05, 0) is 35.9 Å². The molecule has 0 saturated carbocycles. The van der Waals surface area contributed by atoms with Gasteiger partial charge in [0.1, 0.15) is 12.1 Å². The van der Waals surface area contributed by atoms with Crippen molar-refractivity contribution in [2.24, 2.45) is 15.0 Å². The second kappa shape index (κ2) is 6.31. The van der Waals surface area contributed by atoms with E-state index in [1.807, 2.05) is 12.1 Å². The van der Waals surface area contributed by atoms with Crippen molar-refractivity contribution < 1.29 is 14.3 Å². The third kappa shape index (κ3) is 3.37. The van der Waals surface area contributed by atoms with Gasteiger partial charge in [-0.25, -0.2) is 9.98 Å². The van der Waals surface area contributed by atoms with Crippen LogP contribution < -0.4 is 4.74 Å². The Balaban J connectivity index is 1.74. The largest absolute Gasteiger partial charge is 0.497 e. The molecule has 0 unspecified atom stereocenters. The highest BCUT2D eigenvalue weighted by Gasteiger charge is 2.20. The van der Waals surface area contributed by atoms with Gasteiger partial charge in [0.2, 0.25) is 0 Å². The van der Waals surface area contributed by atoms with E-state index in [9.17, 15) is 9.59 Å². The lowest BCUT2D eigenvalue weighted by atomic mass is 10.0. The Bertz CT molecular complexity index is 812. The van der Waals surface area contributed by atoms with Crippen LogP contribution in [0.5, 0.6) is 5.75 Å². The molecule has 1 aliphatic heterocycles. The number of hydrogen-bond donors (Lipinski definition) is 0. The fourth-order valence-electron chi connectivity index (χ4n) is 2.19. The molecule has 2 aliphatic rings. The summed E-state index contributed by atoms with van der Waals surface area (Å²) in [6.45, 7) is 0. The fourth-order valence-corrected chi connectivity index (χ4v) is 2.19. The highest BCUT2D eigenvalue weighted by atomic mass is 16.5.